The smallest absolute Gasteiger partial charge is 0.339 e. The summed E-state index contributed by atoms with van der Waals surface area (Å²) in [6.07, 6.45) is 6.86. The van der Waals surface area contributed by atoms with E-state index in [4.69, 9.17) is 9.72 Å². The number of aromatic nitrogens is 1. The molecule has 2 aliphatic rings. The molecule has 2 aromatic rings. The fourth-order valence-electron chi connectivity index (χ4n) is 4.72. The number of carbonyl (C=O) groups is 2. The first-order valence-electron chi connectivity index (χ1n) is 10.8. The predicted octanol–water partition coefficient (Wildman–Crippen LogP) is 3.86. The zero-order chi connectivity index (χ0) is 21.1. The topological polar surface area (TPSA) is 92.1 Å². The highest BCUT2D eigenvalue weighted by Crippen LogP contribution is 2.32. The van der Waals surface area contributed by atoms with E-state index in [2.05, 4.69) is 18.3 Å². The van der Waals surface area contributed by atoms with Crippen LogP contribution in [0.1, 0.15) is 67.1 Å². The van der Waals surface area contributed by atoms with Crippen LogP contribution in [0.15, 0.2) is 24.3 Å². The molecule has 1 aromatic heterocycles. The van der Waals surface area contributed by atoms with Crippen LogP contribution in [0.3, 0.4) is 0 Å². The molecule has 156 valence electrons. The fraction of sp³-hybridized carbons (Fsp3) is 0.500. The van der Waals surface area contributed by atoms with Crippen LogP contribution in [0.5, 0.6) is 0 Å². The summed E-state index contributed by atoms with van der Waals surface area (Å²) in [5.41, 5.74) is 2.36. The Morgan fingerprint density at radius 3 is 2.80 bits per heavy atom. The van der Waals surface area contributed by atoms with Crippen LogP contribution in [-0.4, -0.2) is 29.0 Å². The van der Waals surface area contributed by atoms with Gasteiger partial charge in [0, 0.05) is 11.1 Å². The molecule has 0 radical (unpaired) electrons. The van der Waals surface area contributed by atoms with E-state index >= 15 is 0 Å². The highest BCUT2D eigenvalue weighted by Gasteiger charge is 2.34. The zero-order valence-corrected chi connectivity index (χ0v) is 17.4. The van der Waals surface area contributed by atoms with Gasteiger partial charge in [-0.05, 0) is 49.7 Å². The van der Waals surface area contributed by atoms with E-state index in [0.29, 0.717) is 24.3 Å². The SMILES string of the molecule is C[C@H]1CCc2nc3ccccc3c(C(=O)OCC(=O)NC3(C#N)CCCCC3)c2C1. The highest BCUT2D eigenvalue weighted by atomic mass is 16.5. The Kier molecular flexibility index (Phi) is 5.72. The molecular formula is C24H27N3O3. The second-order valence-corrected chi connectivity index (χ2v) is 8.66. The summed E-state index contributed by atoms with van der Waals surface area (Å²) < 4.78 is 5.44. The van der Waals surface area contributed by atoms with E-state index in [0.717, 1.165) is 60.7 Å². The Labute approximate surface area is 176 Å². The van der Waals surface area contributed by atoms with Gasteiger partial charge in [-0.1, -0.05) is 44.4 Å². The molecule has 1 saturated carbocycles. The van der Waals surface area contributed by atoms with Gasteiger partial charge in [0.15, 0.2) is 6.61 Å². The number of benzene rings is 1. The number of pyridine rings is 1. The van der Waals surface area contributed by atoms with Gasteiger partial charge in [0.2, 0.25) is 0 Å². The molecule has 30 heavy (non-hydrogen) atoms. The maximum absolute atomic E-state index is 13.1. The molecule has 1 N–H and O–H groups in total. The Morgan fingerprint density at radius 2 is 2.03 bits per heavy atom. The van der Waals surface area contributed by atoms with Crippen molar-refractivity contribution >= 4 is 22.8 Å². The van der Waals surface area contributed by atoms with Gasteiger partial charge in [-0.2, -0.15) is 5.26 Å². The maximum Gasteiger partial charge on any atom is 0.339 e. The quantitative estimate of drug-likeness (QED) is 0.780. The normalized spacial score (nSPS) is 20.1. The number of nitrogens with zero attached hydrogens (tertiary/aromatic N) is 2. The second kappa shape index (κ2) is 8.43. The maximum atomic E-state index is 13.1. The van der Waals surface area contributed by atoms with E-state index in [1.807, 2.05) is 24.3 Å². The Balaban J connectivity index is 1.54. The van der Waals surface area contributed by atoms with E-state index in [9.17, 15) is 14.9 Å². The molecule has 4 rings (SSSR count). The zero-order valence-electron chi connectivity index (χ0n) is 17.4. The van der Waals surface area contributed by atoms with Crippen LogP contribution in [0, 0.1) is 17.2 Å². The van der Waals surface area contributed by atoms with Crippen LogP contribution in [0.4, 0.5) is 0 Å². The summed E-state index contributed by atoms with van der Waals surface area (Å²) in [6, 6.07) is 9.82. The number of amides is 1. The Hall–Kier alpha value is -2.94. The van der Waals surface area contributed by atoms with Gasteiger partial charge in [-0.3, -0.25) is 9.78 Å². The summed E-state index contributed by atoms with van der Waals surface area (Å²) in [5, 5.41) is 13.1. The first kappa shape index (κ1) is 20.3. The fourth-order valence-corrected chi connectivity index (χ4v) is 4.72. The van der Waals surface area contributed by atoms with Gasteiger partial charge in [-0.25, -0.2) is 4.79 Å². The van der Waals surface area contributed by atoms with Gasteiger partial charge in [0.1, 0.15) is 5.54 Å². The third-order valence-corrected chi connectivity index (χ3v) is 6.34. The molecule has 1 aromatic carbocycles. The van der Waals surface area contributed by atoms with Crippen molar-refractivity contribution < 1.29 is 14.3 Å². The van der Waals surface area contributed by atoms with Crippen molar-refractivity contribution in [2.75, 3.05) is 6.61 Å². The highest BCUT2D eigenvalue weighted by molar-refractivity contribution is 6.05. The van der Waals surface area contributed by atoms with Gasteiger partial charge in [0.05, 0.1) is 17.1 Å². The number of rotatable bonds is 4. The monoisotopic (exact) mass is 405 g/mol. The molecule has 0 aliphatic heterocycles. The van der Waals surface area contributed by atoms with Crippen molar-refractivity contribution in [3.8, 4) is 6.07 Å². The minimum absolute atomic E-state index is 0.386. The van der Waals surface area contributed by atoms with Gasteiger partial charge in [-0.15, -0.1) is 0 Å². The average molecular weight is 405 g/mol. The standard InChI is InChI=1S/C24H27N3O3/c1-16-9-10-20-18(13-16)22(17-7-3-4-8-19(17)26-20)23(29)30-14-21(28)27-24(15-25)11-5-2-6-12-24/h3-4,7-8,16H,2,5-6,9-14H2,1H3,(H,27,28)/t16-/m0/s1. The lowest BCUT2D eigenvalue weighted by Gasteiger charge is -2.31. The molecule has 0 bridgehead atoms. The molecule has 0 spiro atoms. The lowest BCUT2D eigenvalue weighted by Crippen LogP contribution is -2.50. The summed E-state index contributed by atoms with van der Waals surface area (Å²) in [5.74, 6) is -0.451. The number of nitrogens with one attached hydrogen (secondary N) is 1. The molecular weight excluding hydrogens is 378 g/mol. The van der Waals surface area contributed by atoms with Crippen molar-refractivity contribution in [2.24, 2.45) is 5.92 Å². The van der Waals surface area contributed by atoms with Crippen LogP contribution in [-0.2, 0) is 22.4 Å². The van der Waals surface area contributed by atoms with Crippen molar-refractivity contribution in [3.05, 3.63) is 41.1 Å². The summed E-state index contributed by atoms with van der Waals surface area (Å²) >= 11 is 0. The minimum atomic E-state index is -0.834. The van der Waals surface area contributed by atoms with Gasteiger partial charge in [0.25, 0.3) is 5.91 Å². The summed E-state index contributed by atoms with van der Waals surface area (Å²) in [6.45, 7) is 1.79. The molecule has 0 unspecified atom stereocenters. The van der Waals surface area contributed by atoms with Crippen LogP contribution in [0.25, 0.3) is 10.9 Å². The third-order valence-electron chi connectivity index (χ3n) is 6.34. The van der Waals surface area contributed by atoms with Crippen molar-refractivity contribution in [1.29, 1.82) is 5.26 Å². The number of hydrogen-bond acceptors (Lipinski definition) is 5. The number of para-hydroxylation sites is 1. The van der Waals surface area contributed by atoms with E-state index in [1.165, 1.54) is 0 Å². The van der Waals surface area contributed by atoms with Gasteiger partial charge < -0.3 is 10.1 Å². The predicted molar refractivity (Wildman–Crippen MR) is 113 cm³/mol. The first-order valence-corrected chi connectivity index (χ1v) is 10.8. The number of carbonyl (C=O) groups excluding carboxylic acids is 2. The first-order chi connectivity index (χ1) is 14.5. The lowest BCUT2D eigenvalue weighted by molar-refractivity contribution is -0.125. The summed E-state index contributed by atoms with van der Waals surface area (Å²) in [7, 11) is 0. The average Bonchev–Trinajstić information content (AvgIpc) is 2.76. The number of esters is 1. The van der Waals surface area contributed by atoms with Crippen LogP contribution >= 0.6 is 0 Å². The molecule has 6 heteroatoms. The van der Waals surface area contributed by atoms with Crippen LogP contribution in [0.2, 0.25) is 0 Å². The molecule has 2 aliphatic carbocycles. The number of fused-ring (bicyclic) bond motifs is 2. The molecule has 1 atom stereocenters. The molecule has 1 heterocycles. The van der Waals surface area contributed by atoms with E-state index in [1.54, 1.807) is 0 Å². The lowest BCUT2D eigenvalue weighted by atomic mass is 9.83. The van der Waals surface area contributed by atoms with E-state index < -0.39 is 17.4 Å². The van der Waals surface area contributed by atoms with Crippen molar-refractivity contribution in [2.45, 2.75) is 63.8 Å². The number of aryl methyl sites for hydroxylation is 1. The number of ether oxygens (including phenoxy) is 1. The van der Waals surface area contributed by atoms with Crippen LogP contribution < -0.4 is 5.32 Å². The third kappa shape index (κ3) is 4.02. The minimum Gasteiger partial charge on any atom is -0.452 e. The number of hydrogen-bond donors (Lipinski definition) is 1. The second-order valence-electron chi connectivity index (χ2n) is 8.66. The van der Waals surface area contributed by atoms with E-state index in [-0.39, 0.29) is 6.61 Å². The molecule has 1 amide bonds. The van der Waals surface area contributed by atoms with Crippen molar-refractivity contribution in [1.82, 2.24) is 10.3 Å². The molecule has 0 saturated heterocycles. The molecule has 1 fully saturated rings. The van der Waals surface area contributed by atoms with Gasteiger partial charge >= 0.3 is 5.97 Å². The molecule has 6 nitrogen and oxygen atoms in total. The summed E-state index contributed by atoms with van der Waals surface area (Å²) in [4.78, 5) is 30.3. The largest absolute Gasteiger partial charge is 0.452 e. The Morgan fingerprint density at radius 1 is 1.27 bits per heavy atom. The number of nitriles is 1. The van der Waals surface area contributed by atoms with Crippen molar-refractivity contribution in [3.63, 3.8) is 0 Å². The Bertz CT molecular complexity index is 1020.